The number of fused-ring (bicyclic) bond motifs is 4. The number of carbonyl (C=O) groups excluding carboxylic acids is 5. The predicted octanol–water partition coefficient (Wildman–Crippen LogP) is 10.4. The molecule has 0 aromatic carbocycles. The third-order valence-electron chi connectivity index (χ3n) is 10.7. The van der Waals surface area contributed by atoms with Gasteiger partial charge in [-0.05, 0) is 184 Å². The Labute approximate surface area is 459 Å². The van der Waals surface area contributed by atoms with E-state index in [0.717, 1.165) is 58.8 Å². The molecule has 7 heterocycles. The standard InChI is InChI=1S/C13H17NO2.C12H12N2O2.C11H15NO.C9H8N2.C6H6N2O.C5H10O3.C3H6O.CH4/c1-2-16-13(15)9-11-8-7-10-5-3-4-6-12(10)14-11;1-2-16-11(15)8-10-6-5-9-4-3-7-13-12(9)14-10;13-8-7-10-6-5-9-3-1-2-4-11(9)12-10;1-7-4-5-8-3-2-6-10-9(8)11-7;7-6-5(4-9)2-1-3-8-6;1-3-7-5(6)8-4-2;1-3(2)4;/h7-8H,2-6,9H2,1H3;3-8H,2H2,1H3,(H,13,14);5-6,13H,1-4,7-8H2;2-6H,1H3;1-4H,(H2,7,8);3-4H2,1-2H3;1-2H3;1H4. The summed E-state index contributed by atoms with van der Waals surface area (Å²) in [5, 5.41) is 12.9. The van der Waals surface area contributed by atoms with Gasteiger partial charge in [-0.15, -0.1) is 0 Å². The highest BCUT2D eigenvalue weighted by Gasteiger charge is 2.14. The smallest absolute Gasteiger partial charge is 0.466 e. The number of aryl methyl sites for hydroxylation is 5. The minimum atomic E-state index is -0.588. The summed E-state index contributed by atoms with van der Waals surface area (Å²) in [7, 11) is 0. The van der Waals surface area contributed by atoms with Gasteiger partial charge < -0.3 is 39.9 Å². The van der Waals surface area contributed by atoms with Crippen molar-refractivity contribution in [1.29, 1.82) is 0 Å². The molecule has 6 aromatic heterocycles. The zero-order valence-corrected chi connectivity index (χ0v) is 45.5. The Hall–Kier alpha value is -8.25. The molecule has 0 saturated heterocycles. The van der Waals surface area contributed by atoms with Crippen molar-refractivity contribution in [3.05, 3.63) is 160 Å². The highest BCUT2D eigenvalue weighted by Crippen LogP contribution is 2.22. The minimum Gasteiger partial charge on any atom is -0.466 e. The lowest BCUT2D eigenvalue weighted by atomic mass is 9.96. The lowest BCUT2D eigenvalue weighted by Crippen LogP contribution is -2.12. The highest BCUT2D eigenvalue weighted by molar-refractivity contribution is 5.86. The maximum absolute atomic E-state index is 11.3. The summed E-state index contributed by atoms with van der Waals surface area (Å²) in [5.41, 5.74) is 16.3. The van der Waals surface area contributed by atoms with Crippen LogP contribution in [0.25, 0.3) is 17.1 Å². The van der Waals surface area contributed by atoms with E-state index in [0.29, 0.717) is 56.8 Å². The van der Waals surface area contributed by atoms with E-state index in [9.17, 15) is 24.0 Å². The number of aldehydes is 1. The highest BCUT2D eigenvalue weighted by atomic mass is 16.7. The largest absolute Gasteiger partial charge is 0.508 e. The van der Waals surface area contributed by atoms with Gasteiger partial charge in [-0.3, -0.25) is 19.6 Å². The van der Waals surface area contributed by atoms with Crippen molar-refractivity contribution in [3.8, 4) is 0 Å². The Kier molecular flexibility index (Phi) is 32.4. The van der Waals surface area contributed by atoms with Crippen LogP contribution in [0.3, 0.4) is 0 Å². The number of ether oxygens (including phenoxy) is 4. The van der Waals surface area contributed by atoms with Gasteiger partial charge in [0.15, 0.2) is 11.9 Å². The van der Waals surface area contributed by atoms with Gasteiger partial charge in [0.05, 0.1) is 44.1 Å². The second-order valence-corrected chi connectivity index (χ2v) is 17.1. The number of nitrogens with two attached hydrogens (primary N) is 1. The number of pyridine rings is 6. The van der Waals surface area contributed by atoms with Gasteiger partial charge in [0.25, 0.3) is 0 Å². The van der Waals surface area contributed by atoms with Crippen LogP contribution < -0.4 is 11.1 Å². The van der Waals surface area contributed by atoms with E-state index in [-0.39, 0.29) is 37.6 Å². The predicted molar refractivity (Wildman–Crippen MR) is 305 cm³/mol. The lowest BCUT2D eigenvalue weighted by Gasteiger charge is -2.15. The minimum absolute atomic E-state index is 0. The van der Waals surface area contributed by atoms with Crippen LogP contribution in [0.15, 0.2) is 109 Å². The van der Waals surface area contributed by atoms with E-state index in [2.05, 4.69) is 56.8 Å². The molecule has 18 heteroatoms. The van der Waals surface area contributed by atoms with Gasteiger partial charge in [-0.25, -0.2) is 29.5 Å². The third kappa shape index (κ3) is 26.0. The number of aliphatic hydroxyl groups is 1. The number of nitrogen functional groups attached to an aromatic ring is 1. The molecule has 9 rings (SSSR count). The molecule has 18 nitrogen and oxygen atoms in total. The topological polar surface area (TPSA) is 258 Å². The van der Waals surface area contributed by atoms with Crippen molar-refractivity contribution in [3.63, 3.8) is 0 Å². The van der Waals surface area contributed by atoms with Crippen LogP contribution >= 0.6 is 0 Å². The maximum Gasteiger partial charge on any atom is 0.508 e. The molecule has 4 N–H and O–H groups in total. The van der Waals surface area contributed by atoms with E-state index in [1.54, 1.807) is 51.5 Å². The Morgan fingerprint density at radius 3 is 1.82 bits per heavy atom. The Bertz CT molecular complexity index is 2840. The van der Waals surface area contributed by atoms with Crippen LogP contribution in [-0.2, 0) is 71.9 Å². The molecular weight excluding hydrogens is 993 g/mol. The van der Waals surface area contributed by atoms with Gasteiger partial charge in [-0.2, -0.15) is 0 Å². The molecule has 0 amide bonds. The zero-order valence-electron chi connectivity index (χ0n) is 45.5. The van der Waals surface area contributed by atoms with Gasteiger partial charge in [-0.1, -0.05) is 19.6 Å². The summed E-state index contributed by atoms with van der Waals surface area (Å²) in [6, 6.07) is 23.3. The van der Waals surface area contributed by atoms with Crippen molar-refractivity contribution in [2.75, 3.05) is 44.1 Å². The number of hydrogen-bond acceptors (Lipinski definition) is 18. The number of anilines is 2. The molecule has 0 saturated carbocycles. The number of esters is 2. The van der Waals surface area contributed by atoms with E-state index >= 15 is 0 Å². The average molecular weight is 1070 g/mol. The summed E-state index contributed by atoms with van der Waals surface area (Å²) >= 11 is 0. The third-order valence-corrected chi connectivity index (χ3v) is 10.7. The van der Waals surface area contributed by atoms with Crippen molar-refractivity contribution in [2.45, 2.75) is 120 Å². The summed E-state index contributed by atoms with van der Waals surface area (Å²) in [4.78, 5) is 77.6. The number of rotatable bonds is 10. The molecule has 6 aromatic rings. The van der Waals surface area contributed by atoms with Crippen molar-refractivity contribution in [1.82, 2.24) is 29.9 Å². The first-order valence-corrected chi connectivity index (χ1v) is 25.8. The SMILES string of the molecule is C.CC(C)=O.CCOC(=O)C=C1C=Cc2cccnc2N1.CCOC(=O)Cc1ccc2c(n1)CCCC2.CCOC(=O)OCC.Cc1ccc2cccnc2n1.Nc1ncccc1C=O.OCCc1ccc2c(n1)CCCC2. The van der Waals surface area contributed by atoms with E-state index in [1.807, 2.05) is 74.5 Å². The number of ketones is 1. The van der Waals surface area contributed by atoms with Gasteiger partial charge in [0.2, 0.25) is 0 Å². The molecule has 0 spiro atoms. The van der Waals surface area contributed by atoms with Gasteiger partial charge in [0.1, 0.15) is 17.4 Å². The van der Waals surface area contributed by atoms with Crippen LogP contribution in [0, 0.1) is 6.92 Å². The molecular formula is C60H78N8O10. The number of carbonyl (C=O) groups is 5. The van der Waals surface area contributed by atoms with Crippen LogP contribution in [0.1, 0.15) is 130 Å². The molecule has 0 fully saturated rings. The molecule has 0 radical (unpaired) electrons. The molecule has 418 valence electrons. The lowest BCUT2D eigenvalue weighted by molar-refractivity contribution is -0.142. The number of hydrogen-bond donors (Lipinski definition) is 3. The zero-order chi connectivity index (χ0) is 56.2. The quantitative estimate of drug-likeness (QED) is 0.0499. The van der Waals surface area contributed by atoms with Crippen molar-refractivity contribution >= 4 is 58.9 Å². The van der Waals surface area contributed by atoms with E-state index in [4.69, 9.17) is 20.3 Å². The van der Waals surface area contributed by atoms with Crippen LogP contribution in [0.5, 0.6) is 0 Å². The molecule has 1 aliphatic heterocycles. The average Bonchev–Trinajstić information content (AvgIpc) is 3.42. The van der Waals surface area contributed by atoms with Gasteiger partial charge >= 0.3 is 18.1 Å². The fourth-order valence-electron chi connectivity index (χ4n) is 7.23. The molecule has 0 atom stereocenters. The first-order valence-electron chi connectivity index (χ1n) is 25.8. The number of aromatic nitrogens is 6. The van der Waals surface area contributed by atoms with E-state index in [1.165, 1.54) is 74.5 Å². The summed E-state index contributed by atoms with van der Waals surface area (Å²) in [6.45, 7) is 13.8. The molecule has 0 unspecified atom stereocenters. The monoisotopic (exact) mass is 1070 g/mol. The summed E-state index contributed by atoms with van der Waals surface area (Å²) in [6.07, 6.45) is 20.7. The van der Waals surface area contributed by atoms with Crippen molar-refractivity contribution in [2.24, 2.45) is 0 Å². The van der Waals surface area contributed by atoms with E-state index < -0.39 is 6.16 Å². The number of allylic oxidation sites excluding steroid dienone is 1. The number of nitrogens with one attached hydrogen (secondary N) is 1. The van der Waals surface area contributed by atoms with Gasteiger partial charge in [0, 0.05) is 77.1 Å². The fourth-order valence-corrected chi connectivity index (χ4v) is 7.23. The summed E-state index contributed by atoms with van der Waals surface area (Å²) in [5.74, 6) is 0.660. The maximum atomic E-state index is 11.3. The number of Topliss-reactive ketones (excluding diaryl/α,β-unsaturated/α-hetero) is 1. The van der Waals surface area contributed by atoms with Crippen LogP contribution in [0.4, 0.5) is 16.4 Å². The molecule has 2 aliphatic carbocycles. The molecule has 78 heavy (non-hydrogen) atoms. The fraction of sp³-hybridized carbons (Fsp3) is 0.383. The normalized spacial score (nSPS) is 12.3. The second-order valence-electron chi connectivity index (χ2n) is 17.1. The Morgan fingerprint density at radius 2 is 1.23 bits per heavy atom. The van der Waals surface area contributed by atoms with Crippen LogP contribution in [-0.4, -0.2) is 98.2 Å². The second kappa shape index (κ2) is 38.3. The molecule has 3 aliphatic rings. The number of aliphatic hydroxyl groups excluding tert-OH is 1. The Morgan fingerprint density at radius 1 is 0.667 bits per heavy atom. The number of nitrogens with zero attached hydrogens (tertiary/aromatic N) is 6. The van der Waals surface area contributed by atoms with Crippen molar-refractivity contribution < 1.29 is 48.0 Å². The van der Waals surface area contributed by atoms with Crippen LogP contribution in [0.2, 0.25) is 0 Å². The first-order chi connectivity index (χ1) is 37.2. The Balaban J connectivity index is 0.000000320. The molecule has 0 bridgehead atoms. The summed E-state index contributed by atoms with van der Waals surface area (Å²) < 4.78 is 18.6. The first kappa shape index (κ1) is 65.9.